The lowest BCUT2D eigenvalue weighted by atomic mass is 9.96. The summed E-state index contributed by atoms with van der Waals surface area (Å²) >= 11 is 5.91. The number of ether oxygens (including phenoxy) is 1. The first-order valence-electron chi connectivity index (χ1n) is 13.2. The van der Waals surface area contributed by atoms with Gasteiger partial charge in [-0.2, -0.15) is 0 Å². The third kappa shape index (κ3) is 5.26. The molecule has 9 nitrogen and oxygen atoms in total. The van der Waals surface area contributed by atoms with Crippen molar-refractivity contribution in [3.8, 4) is 11.4 Å². The maximum atomic E-state index is 12.1. The van der Waals surface area contributed by atoms with E-state index in [0.717, 1.165) is 34.0 Å². The number of methoxy groups -OCH3 is 1. The summed E-state index contributed by atoms with van der Waals surface area (Å²) in [5.74, 6) is -0.546. The number of aromatic carboxylic acids is 1. The summed E-state index contributed by atoms with van der Waals surface area (Å²) in [7, 11) is 1.57. The van der Waals surface area contributed by atoms with Crippen molar-refractivity contribution in [2.45, 2.75) is 39.3 Å². The van der Waals surface area contributed by atoms with E-state index < -0.39 is 5.97 Å². The lowest BCUT2D eigenvalue weighted by Crippen LogP contribution is -2.29. The van der Waals surface area contributed by atoms with Gasteiger partial charge in [0.2, 0.25) is 5.91 Å². The van der Waals surface area contributed by atoms with Crippen LogP contribution in [0.4, 0.5) is 11.4 Å². The molecule has 1 amide bonds. The highest BCUT2D eigenvalue weighted by Gasteiger charge is 2.42. The van der Waals surface area contributed by atoms with Crippen LogP contribution in [0.3, 0.4) is 0 Å². The number of thiocarbonyl (C=S) groups is 1. The molecule has 0 bridgehead atoms. The van der Waals surface area contributed by atoms with E-state index in [1.165, 1.54) is 0 Å². The molecule has 1 fully saturated rings. The molecule has 1 aliphatic rings. The number of hydrogen-bond donors (Lipinski definition) is 3. The molecule has 3 N–H and O–H groups in total. The van der Waals surface area contributed by atoms with E-state index in [2.05, 4.69) is 31.2 Å². The molecule has 0 unspecified atom stereocenters. The molecule has 210 valence electrons. The van der Waals surface area contributed by atoms with Gasteiger partial charge in [-0.3, -0.25) is 9.78 Å². The Bertz CT molecular complexity index is 1620. The molecule has 2 atom stereocenters. The minimum Gasteiger partial charge on any atom is -0.494 e. The fourth-order valence-corrected chi connectivity index (χ4v) is 5.70. The average molecular weight is 570 g/mol. The Morgan fingerprint density at radius 1 is 1.07 bits per heavy atom. The van der Waals surface area contributed by atoms with Crippen LogP contribution in [-0.2, 0) is 4.79 Å². The third-order valence-corrected chi connectivity index (χ3v) is 7.63. The van der Waals surface area contributed by atoms with Gasteiger partial charge >= 0.3 is 5.97 Å². The van der Waals surface area contributed by atoms with Crippen LogP contribution in [0.25, 0.3) is 5.69 Å². The Morgan fingerprint density at radius 3 is 2.44 bits per heavy atom. The standard InChI is InChI=1S/C31H31N5O4S/c1-5-27(37)33-24-14-13-22(17-26(24)40-4)36-29(28(34-31(36)41)25-8-6-7-15-32-25)23-16-18(2)35(19(23)3)21-11-9-20(10-12-21)30(38)39/h6-17,28-29H,5H2,1-4H3,(H,33,37)(H,34,41)(H,38,39)/t28-,29+/m1/s1. The highest BCUT2D eigenvalue weighted by atomic mass is 32.1. The molecule has 4 aromatic rings. The van der Waals surface area contributed by atoms with E-state index in [1.54, 1.807) is 32.4 Å². The molecule has 0 radical (unpaired) electrons. The monoisotopic (exact) mass is 569 g/mol. The van der Waals surface area contributed by atoms with Crippen LogP contribution in [0.5, 0.6) is 5.75 Å². The van der Waals surface area contributed by atoms with E-state index in [-0.39, 0.29) is 23.6 Å². The summed E-state index contributed by atoms with van der Waals surface area (Å²) in [5, 5.41) is 16.3. The summed E-state index contributed by atoms with van der Waals surface area (Å²) < 4.78 is 7.76. The van der Waals surface area contributed by atoms with Crippen LogP contribution in [0.15, 0.2) is 72.9 Å². The van der Waals surface area contributed by atoms with Crippen LogP contribution >= 0.6 is 12.2 Å². The SMILES string of the molecule is CCC(=O)Nc1ccc(N2C(=S)N[C@H](c3ccccn3)[C@@H]2c2cc(C)n(-c3ccc(C(=O)O)cc3)c2C)cc1OC. The van der Waals surface area contributed by atoms with Crippen molar-refractivity contribution in [2.24, 2.45) is 0 Å². The Labute approximate surface area is 243 Å². The summed E-state index contributed by atoms with van der Waals surface area (Å²) in [6.45, 7) is 5.87. The van der Waals surface area contributed by atoms with E-state index >= 15 is 0 Å². The first-order valence-corrected chi connectivity index (χ1v) is 13.7. The van der Waals surface area contributed by atoms with Gasteiger partial charge in [-0.05, 0) is 86.2 Å². The molecule has 1 aliphatic heterocycles. The zero-order chi connectivity index (χ0) is 29.3. The van der Waals surface area contributed by atoms with Crippen molar-refractivity contribution in [3.05, 3.63) is 101 Å². The average Bonchev–Trinajstić information content (AvgIpc) is 3.48. The van der Waals surface area contributed by atoms with Crippen molar-refractivity contribution < 1.29 is 19.4 Å². The van der Waals surface area contributed by atoms with Crippen LogP contribution in [0.1, 0.15) is 58.4 Å². The number of carboxylic acids is 1. The van der Waals surface area contributed by atoms with Crippen LogP contribution in [0, 0.1) is 13.8 Å². The van der Waals surface area contributed by atoms with E-state index in [1.807, 2.05) is 62.4 Å². The van der Waals surface area contributed by atoms with Gasteiger partial charge < -0.3 is 29.9 Å². The molecule has 0 saturated carbocycles. The number of carboxylic acid groups (broad SMARTS) is 1. The number of benzene rings is 2. The smallest absolute Gasteiger partial charge is 0.335 e. The molecule has 41 heavy (non-hydrogen) atoms. The minimum absolute atomic E-state index is 0.105. The number of anilines is 2. The van der Waals surface area contributed by atoms with Crippen molar-refractivity contribution in [2.75, 3.05) is 17.3 Å². The molecule has 3 heterocycles. The Hall–Kier alpha value is -4.70. The first kappa shape index (κ1) is 27.9. The van der Waals surface area contributed by atoms with Gasteiger partial charge in [-0.25, -0.2) is 4.79 Å². The van der Waals surface area contributed by atoms with Gasteiger partial charge in [0.15, 0.2) is 5.11 Å². The zero-order valence-corrected chi connectivity index (χ0v) is 24.0. The second-order valence-corrected chi connectivity index (χ2v) is 10.2. The highest BCUT2D eigenvalue weighted by Crippen LogP contribution is 2.45. The molecule has 1 saturated heterocycles. The lowest BCUT2D eigenvalue weighted by Gasteiger charge is -2.29. The number of hydrogen-bond acceptors (Lipinski definition) is 5. The summed E-state index contributed by atoms with van der Waals surface area (Å²) in [6, 6.07) is 19.9. The van der Waals surface area contributed by atoms with Gasteiger partial charge in [0.1, 0.15) is 5.75 Å². The van der Waals surface area contributed by atoms with Gasteiger partial charge in [0, 0.05) is 41.4 Å². The third-order valence-electron chi connectivity index (χ3n) is 7.32. The lowest BCUT2D eigenvalue weighted by molar-refractivity contribution is -0.115. The predicted octanol–water partition coefficient (Wildman–Crippen LogP) is 5.72. The number of amides is 1. The number of nitrogens with one attached hydrogen (secondary N) is 2. The molecule has 2 aromatic carbocycles. The number of aromatic nitrogens is 2. The van der Waals surface area contributed by atoms with Crippen molar-refractivity contribution in [1.29, 1.82) is 0 Å². The topological polar surface area (TPSA) is 109 Å². The second kappa shape index (κ2) is 11.4. The molecule has 0 spiro atoms. The maximum Gasteiger partial charge on any atom is 0.335 e. The molecule has 10 heteroatoms. The zero-order valence-electron chi connectivity index (χ0n) is 23.2. The van der Waals surface area contributed by atoms with Crippen molar-refractivity contribution in [1.82, 2.24) is 14.9 Å². The van der Waals surface area contributed by atoms with E-state index in [9.17, 15) is 14.7 Å². The fourth-order valence-electron chi connectivity index (χ4n) is 5.36. The number of carbonyl (C=O) groups excluding carboxylic acids is 1. The largest absolute Gasteiger partial charge is 0.494 e. The Balaban J connectivity index is 1.63. The number of nitrogens with zero attached hydrogens (tertiary/aromatic N) is 3. The van der Waals surface area contributed by atoms with Crippen LogP contribution in [0.2, 0.25) is 0 Å². The van der Waals surface area contributed by atoms with Gasteiger partial charge in [0.05, 0.1) is 36.1 Å². The van der Waals surface area contributed by atoms with Crippen LogP contribution in [-0.4, -0.2) is 38.8 Å². The summed E-state index contributed by atoms with van der Waals surface area (Å²) in [4.78, 5) is 30.2. The minimum atomic E-state index is -0.965. The molecule has 0 aliphatic carbocycles. The normalized spacial score (nSPS) is 16.4. The molecular formula is C31H31N5O4S. The fraction of sp³-hybridized carbons (Fsp3) is 0.226. The second-order valence-electron chi connectivity index (χ2n) is 9.80. The quantitative estimate of drug-likeness (QED) is 0.231. The first-order chi connectivity index (χ1) is 19.7. The molecule has 2 aromatic heterocycles. The van der Waals surface area contributed by atoms with Crippen molar-refractivity contribution in [3.63, 3.8) is 0 Å². The van der Waals surface area contributed by atoms with Gasteiger partial charge in [-0.15, -0.1) is 0 Å². The summed E-state index contributed by atoms with van der Waals surface area (Å²) in [6.07, 6.45) is 2.12. The molecular weight excluding hydrogens is 538 g/mol. The van der Waals surface area contributed by atoms with E-state index in [0.29, 0.717) is 23.0 Å². The molecule has 5 rings (SSSR count). The number of carbonyl (C=O) groups is 2. The summed E-state index contributed by atoms with van der Waals surface area (Å²) in [5.41, 5.74) is 6.35. The van der Waals surface area contributed by atoms with Crippen molar-refractivity contribution >= 4 is 40.6 Å². The van der Waals surface area contributed by atoms with Gasteiger partial charge in [0.25, 0.3) is 0 Å². The number of rotatable bonds is 8. The predicted molar refractivity (Wildman–Crippen MR) is 162 cm³/mol. The maximum absolute atomic E-state index is 12.1. The Morgan fingerprint density at radius 2 is 1.80 bits per heavy atom. The van der Waals surface area contributed by atoms with E-state index in [4.69, 9.17) is 17.0 Å². The Kier molecular flexibility index (Phi) is 7.76. The van der Waals surface area contributed by atoms with Crippen LogP contribution < -0.4 is 20.3 Å². The number of pyridine rings is 1. The number of aryl methyl sites for hydroxylation is 1. The van der Waals surface area contributed by atoms with Gasteiger partial charge in [-0.1, -0.05) is 13.0 Å². The highest BCUT2D eigenvalue weighted by molar-refractivity contribution is 7.80.